The minimum atomic E-state index is -0.746. The first kappa shape index (κ1) is 12.0. The maximum atomic E-state index is 12.3. The molecule has 3 heterocycles. The third-order valence-corrected chi connectivity index (χ3v) is 3.89. The Bertz CT molecular complexity index is 620. The van der Waals surface area contributed by atoms with Gasteiger partial charge in [0.1, 0.15) is 11.3 Å². The average Bonchev–Trinajstić information content (AvgIpc) is 2.59. The molecule has 2 amide bonds. The van der Waals surface area contributed by atoms with E-state index < -0.39 is 11.3 Å². The number of amides is 2. The van der Waals surface area contributed by atoms with Crippen LogP contribution in [-0.4, -0.2) is 34.4 Å². The van der Waals surface area contributed by atoms with Crippen molar-refractivity contribution >= 4 is 11.8 Å². The van der Waals surface area contributed by atoms with E-state index in [1.54, 1.807) is 9.47 Å². The van der Waals surface area contributed by atoms with Crippen LogP contribution in [0.5, 0.6) is 0 Å². The molecule has 2 aliphatic heterocycles. The fraction of sp³-hybridized carbons (Fsp3) is 0.462. The van der Waals surface area contributed by atoms with Gasteiger partial charge in [0.2, 0.25) is 0 Å². The Morgan fingerprint density at radius 1 is 1.32 bits per heavy atom. The SMILES string of the molecule is NC(=O)c1cn2c(cc1=O)C(=O)N1CCCCC2C1. The lowest BCUT2D eigenvalue weighted by atomic mass is 10.1. The second-order valence-corrected chi connectivity index (χ2v) is 5.11. The third kappa shape index (κ3) is 1.83. The molecular formula is C13H15N3O3. The van der Waals surface area contributed by atoms with Crippen molar-refractivity contribution in [1.82, 2.24) is 9.47 Å². The van der Waals surface area contributed by atoms with Gasteiger partial charge in [-0.3, -0.25) is 14.4 Å². The van der Waals surface area contributed by atoms with Crippen LogP contribution in [0.15, 0.2) is 17.1 Å². The van der Waals surface area contributed by atoms with Gasteiger partial charge in [-0.1, -0.05) is 0 Å². The van der Waals surface area contributed by atoms with Crippen molar-refractivity contribution in [3.8, 4) is 0 Å². The zero-order valence-electron chi connectivity index (χ0n) is 10.5. The lowest BCUT2D eigenvalue weighted by molar-refractivity contribution is 0.0683. The van der Waals surface area contributed by atoms with Gasteiger partial charge in [0.05, 0.1) is 6.04 Å². The molecular weight excluding hydrogens is 246 g/mol. The largest absolute Gasteiger partial charge is 0.365 e. The molecule has 1 aromatic rings. The molecule has 6 heteroatoms. The molecule has 2 N–H and O–H groups in total. The molecule has 0 spiro atoms. The van der Waals surface area contributed by atoms with E-state index in [9.17, 15) is 14.4 Å². The summed E-state index contributed by atoms with van der Waals surface area (Å²) in [6.07, 6.45) is 4.40. The Hall–Kier alpha value is -2.11. The van der Waals surface area contributed by atoms with Crippen LogP contribution in [0.3, 0.4) is 0 Å². The molecule has 100 valence electrons. The molecule has 6 nitrogen and oxygen atoms in total. The van der Waals surface area contributed by atoms with Gasteiger partial charge in [-0.15, -0.1) is 0 Å². The van der Waals surface area contributed by atoms with E-state index in [4.69, 9.17) is 5.73 Å². The second-order valence-electron chi connectivity index (χ2n) is 5.11. The van der Waals surface area contributed by atoms with Crippen molar-refractivity contribution in [3.63, 3.8) is 0 Å². The summed E-state index contributed by atoms with van der Waals surface area (Å²) in [5.41, 5.74) is 5.04. The lowest BCUT2D eigenvalue weighted by Gasteiger charge is -2.34. The summed E-state index contributed by atoms with van der Waals surface area (Å²) in [6, 6.07) is 1.38. The highest BCUT2D eigenvalue weighted by Gasteiger charge is 2.32. The number of rotatable bonds is 1. The van der Waals surface area contributed by atoms with Crippen LogP contribution in [0.4, 0.5) is 0 Å². The Labute approximate surface area is 109 Å². The Morgan fingerprint density at radius 2 is 2.11 bits per heavy atom. The Balaban J connectivity index is 2.19. The summed E-state index contributed by atoms with van der Waals surface area (Å²) >= 11 is 0. The molecule has 2 aliphatic rings. The van der Waals surface area contributed by atoms with Crippen LogP contribution in [-0.2, 0) is 0 Å². The number of fused-ring (bicyclic) bond motifs is 4. The van der Waals surface area contributed by atoms with Crippen LogP contribution in [0.25, 0.3) is 0 Å². The number of hydrogen-bond donors (Lipinski definition) is 1. The smallest absolute Gasteiger partial charge is 0.270 e. The monoisotopic (exact) mass is 261 g/mol. The Morgan fingerprint density at radius 3 is 2.84 bits per heavy atom. The van der Waals surface area contributed by atoms with E-state index in [-0.39, 0.29) is 17.5 Å². The number of primary amides is 1. The van der Waals surface area contributed by atoms with Crippen LogP contribution in [0.2, 0.25) is 0 Å². The van der Waals surface area contributed by atoms with Crippen LogP contribution < -0.4 is 11.2 Å². The maximum Gasteiger partial charge on any atom is 0.270 e. The topological polar surface area (TPSA) is 85.4 Å². The summed E-state index contributed by atoms with van der Waals surface area (Å²) in [5.74, 6) is -0.880. The first-order valence-electron chi connectivity index (χ1n) is 6.43. The molecule has 1 atom stereocenters. The minimum absolute atomic E-state index is 0.0470. The van der Waals surface area contributed by atoms with Crippen LogP contribution >= 0.6 is 0 Å². The zero-order chi connectivity index (χ0) is 13.6. The summed E-state index contributed by atoms with van der Waals surface area (Å²) in [5, 5.41) is 0. The van der Waals surface area contributed by atoms with Gasteiger partial charge in [-0.25, -0.2) is 0 Å². The van der Waals surface area contributed by atoms with E-state index in [2.05, 4.69) is 0 Å². The summed E-state index contributed by atoms with van der Waals surface area (Å²) < 4.78 is 1.76. The van der Waals surface area contributed by atoms with Crippen LogP contribution in [0, 0.1) is 0 Å². The van der Waals surface area contributed by atoms with Crippen molar-refractivity contribution < 1.29 is 9.59 Å². The van der Waals surface area contributed by atoms with Gasteiger partial charge in [0.25, 0.3) is 11.8 Å². The molecule has 1 unspecified atom stereocenters. The predicted octanol–water partition coefficient (Wildman–Crippen LogP) is 0.128. The highest BCUT2D eigenvalue weighted by atomic mass is 16.2. The van der Waals surface area contributed by atoms with E-state index >= 15 is 0 Å². The number of aromatic nitrogens is 1. The third-order valence-electron chi connectivity index (χ3n) is 3.89. The molecule has 0 aliphatic carbocycles. The van der Waals surface area contributed by atoms with Crippen molar-refractivity contribution in [3.05, 3.63) is 33.7 Å². The highest BCUT2D eigenvalue weighted by molar-refractivity contribution is 5.96. The van der Waals surface area contributed by atoms with Gasteiger partial charge in [-0.05, 0) is 19.3 Å². The first-order valence-corrected chi connectivity index (χ1v) is 6.43. The number of nitrogens with zero attached hydrogens (tertiary/aromatic N) is 2. The first-order chi connectivity index (χ1) is 9.08. The van der Waals surface area contributed by atoms with Gasteiger partial charge < -0.3 is 15.2 Å². The fourth-order valence-electron chi connectivity index (χ4n) is 2.90. The second kappa shape index (κ2) is 4.22. The van der Waals surface area contributed by atoms with Gasteiger partial charge in [-0.2, -0.15) is 0 Å². The van der Waals surface area contributed by atoms with Gasteiger partial charge >= 0.3 is 0 Å². The molecule has 1 fully saturated rings. The molecule has 19 heavy (non-hydrogen) atoms. The highest BCUT2D eigenvalue weighted by Crippen LogP contribution is 2.28. The minimum Gasteiger partial charge on any atom is -0.365 e. The normalized spacial score (nSPS) is 21.8. The lowest BCUT2D eigenvalue weighted by Crippen LogP contribution is -2.43. The molecule has 0 aromatic carbocycles. The molecule has 0 radical (unpaired) electrons. The van der Waals surface area contributed by atoms with Crippen molar-refractivity contribution in [2.75, 3.05) is 13.1 Å². The number of carbonyl (C=O) groups excluding carboxylic acids is 2. The number of nitrogens with two attached hydrogens (primary N) is 1. The fourth-order valence-corrected chi connectivity index (χ4v) is 2.90. The quantitative estimate of drug-likeness (QED) is 0.779. The maximum absolute atomic E-state index is 12.3. The predicted molar refractivity (Wildman–Crippen MR) is 68.0 cm³/mol. The van der Waals surface area contributed by atoms with Gasteiger partial charge in [0, 0.05) is 25.4 Å². The van der Waals surface area contributed by atoms with Gasteiger partial charge in [0.15, 0.2) is 5.43 Å². The molecule has 2 bridgehead atoms. The summed E-state index contributed by atoms with van der Waals surface area (Å²) in [6.45, 7) is 1.38. The van der Waals surface area contributed by atoms with Crippen molar-refractivity contribution in [1.29, 1.82) is 0 Å². The molecule has 1 aromatic heterocycles. The molecule has 0 saturated carbocycles. The number of pyridine rings is 1. The van der Waals surface area contributed by atoms with Crippen LogP contribution in [0.1, 0.15) is 46.2 Å². The standard InChI is InChI=1S/C13H15N3O3/c14-12(18)9-7-16-8-3-1-2-4-15(6-8)13(19)10(16)5-11(9)17/h5,7-8H,1-4,6H2,(H2,14,18). The van der Waals surface area contributed by atoms with Crippen molar-refractivity contribution in [2.24, 2.45) is 5.73 Å². The number of hydrogen-bond acceptors (Lipinski definition) is 3. The summed E-state index contributed by atoms with van der Waals surface area (Å²) in [7, 11) is 0. The molecule has 1 saturated heterocycles. The van der Waals surface area contributed by atoms with E-state index in [1.807, 2.05) is 0 Å². The van der Waals surface area contributed by atoms with E-state index in [0.29, 0.717) is 12.2 Å². The molecule has 3 rings (SSSR count). The average molecular weight is 261 g/mol. The number of carbonyl (C=O) groups is 2. The summed E-state index contributed by atoms with van der Waals surface area (Å²) in [4.78, 5) is 37.1. The van der Waals surface area contributed by atoms with E-state index in [0.717, 1.165) is 25.8 Å². The van der Waals surface area contributed by atoms with E-state index in [1.165, 1.54) is 12.3 Å². The Kier molecular flexibility index (Phi) is 2.66. The zero-order valence-corrected chi connectivity index (χ0v) is 10.5. The van der Waals surface area contributed by atoms with Crippen molar-refractivity contribution in [2.45, 2.75) is 25.3 Å².